The first-order valence-electron chi connectivity index (χ1n) is 5.77. The van der Waals surface area contributed by atoms with E-state index < -0.39 is 0 Å². The fourth-order valence-electron chi connectivity index (χ4n) is 1.77. The fourth-order valence-corrected chi connectivity index (χ4v) is 1.77. The minimum atomic E-state index is -0.383. The molecule has 0 fully saturated rings. The van der Waals surface area contributed by atoms with Crippen LogP contribution in [-0.2, 0) is 5.41 Å². The Kier molecular flexibility index (Phi) is 3.03. The van der Waals surface area contributed by atoms with E-state index in [4.69, 9.17) is 5.73 Å². The third kappa shape index (κ3) is 2.18. The van der Waals surface area contributed by atoms with Crippen molar-refractivity contribution in [3.8, 4) is 0 Å². The molecule has 0 bridgehead atoms. The Morgan fingerprint density at radius 3 is 2.33 bits per heavy atom. The van der Waals surface area contributed by atoms with Crippen LogP contribution < -0.4 is 5.73 Å². The van der Waals surface area contributed by atoms with Crippen molar-refractivity contribution >= 4 is 5.69 Å². The van der Waals surface area contributed by atoms with Crippen LogP contribution in [-0.4, -0.2) is 9.97 Å². The van der Waals surface area contributed by atoms with E-state index in [0.717, 1.165) is 11.3 Å². The second-order valence-electron chi connectivity index (χ2n) is 4.87. The zero-order valence-corrected chi connectivity index (χ0v) is 10.7. The first-order chi connectivity index (χ1) is 8.41. The smallest absolute Gasteiger partial charge is 0.138 e. The van der Waals surface area contributed by atoms with Crippen molar-refractivity contribution in [2.24, 2.45) is 0 Å². The van der Waals surface area contributed by atoms with Crippen molar-refractivity contribution in [2.45, 2.75) is 26.2 Å². The summed E-state index contributed by atoms with van der Waals surface area (Å²) >= 11 is 0. The molecule has 18 heavy (non-hydrogen) atoms. The Hall–Kier alpha value is -1.97. The number of nitrogens with zero attached hydrogens (tertiary/aromatic N) is 2. The monoisotopic (exact) mass is 245 g/mol. The van der Waals surface area contributed by atoms with E-state index in [1.807, 2.05) is 20.8 Å². The predicted octanol–water partition coefficient (Wildman–Crippen LogP) is 2.83. The molecule has 0 radical (unpaired) electrons. The molecule has 0 unspecified atom stereocenters. The zero-order valence-electron chi connectivity index (χ0n) is 10.7. The molecule has 2 N–H and O–H groups in total. The van der Waals surface area contributed by atoms with E-state index >= 15 is 0 Å². The first kappa shape index (κ1) is 12.5. The van der Waals surface area contributed by atoms with Crippen LogP contribution >= 0.6 is 0 Å². The summed E-state index contributed by atoms with van der Waals surface area (Å²) in [6, 6.07) is 6.40. The van der Waals surface area contributed by atoms with E-state index in [9.17, 15) is 4.39 Å². The lowest BCUT2D eigenvalue weighted by atomic mass is 9.83. The van der Waals surface area contributed by atoms with E-state index in [1.165, 1.54) is 12.1 Å². The van der Waals surface area contributed by atoms with Gasteiger partial charge in [0, 0.05) is 5.41 Å². The van der Waals surface area contributed by atoms with Gasteiger partial charge in [0.1, 0.15) is 11.6 Å². The molecule has 1 heterocycles. The SMILES string of the molecule is Cc1nc(C(C)(C)c2ccc(F)cc2)ncc1N. The van der Waals surface area contributed by atoms with Crippen LogP contribution in [0.25, 0.3) is 0 Å². The van der Waals surface area contributed by atoms with Gasteiger partial charge in [-0.15, -0.1) is 0 Å². The van der Waals surface area contributed by atoms with Crippen LogP contribution in [0, 0.1) is 12.7 Å². The number of hydrogen-bond donors (Lipinski definition) is 1. The Morgan fingerprint density at radius 1 is 1.17 bits per heavy atom. The molecule has 1 aromatic carbocycles. The molecule has 0 saturated carbocycles. The van der Waals surface area contributed by atoms with Crippen molar-refractivity contribution in [2.75, 3.05) is 5.73 Å². The Labute approximate surface area is 106 Å². The van der Waals surface area contributed by atoms with Crippen molar-refractivity contribution in [3.05, 3.63) is 53.4 Å². The van der Waals surface area contributed by atoms with Crippen molar-refractivity contribution in [3.63, 3.8) is 0 Å². The maximum Gasteiger partial charge on any atom is 0.138 e. The molecule has 0 atom stereocenters. The minimum Gasteiger partial charge on any atom is -0.396 e. The largest absolute Gasteiger partial charge is 0.396 e. The number of anilines is 1. The predicted molar refractivity (Wildman–Crippen MR) is 69.7 cm³/mol. The summed E-state index contributed by atoms with van der Waals surface area (Å²) < 4.78 is 12.9. The van der Waals surface area contributed by atoms with Crippen LogP contribution in [0.1, 0.15) is 30.9 Å². The molecular formula is C14H16FN3. The normalized spacial score (nSPS) is 11.6. The van der Waals surface area contributed by atoms with Crippen LogP contribution in [0.2, 0.25) is 0 Å². The summed E-state index contributed by atoms with van der Waals surface area (Å²) in [6.07, 6.45) is 1.61. The van der Waals surface area contributed by atoms with Crippen LogP contribution in [0.5, 0.6) is 0 Å². The number of halogens is 1. The molecule has 1 aromatic heterocycles. The van der Waals surface area contributed by atoms with Gasteiger partial charge in [-0.05, 0) is 38.5 Å². The lowest BCUT2D eigenvalue weighted by Gasteiger charge is -2.24. The van der Waals surface area contributed by atoms with Crippen molar-refractivity contribution in [1.29, 1.82) is 0 Å². The van der Waals surface area contributed by atoms with Crippen LogP contribution in [0.3, 0.4) is 0 Å². The highest BCUT2D eigenvalue weighted by molar-refractivity contribution is 5.41. The third-order valence-electron chi connectivity index (χ3n) is 3.14. The van der Waals surface area contributed by atoms with Crippen molar-refractivity contribution in [1.82, 2.24) is 9.97 Å². The number of hydrogen-bond acceptors (Lipinski definition) is 3. The summed E-state index contributed by atoms with van der Waals surface area (Å²) in [5.74, 6) is 0.435. The Bertz CT molecular complexity index is 562. The molecule has 0 aliphatic rings. The third-order valence-corrected chi connectivity index (χ3v) is 3.14. The second kappa shape index (κ2) is 4.37. The van der Waals surface area contributed by atoms with Gasteiger partial charge >= 0.3 is 0 Å². The van der Waals surface area contributed by atoms with E-state index in [0.29, 0.717) is 11.5 Å². The van der Waals surface area contributed by atoms with Gasteiger partial charge < -0.3 is 5.73 Å². The van der Waals surface area contributed by atoms with E-state index in [-0.39, 0.29) is 11.2 Å². The second-order valence-corrected chi connectivity index (χ2v) is 4.87. The van der Waals surface area contributed by atoms with Gasteiger partial charge in [0.2, 0.25) is 0 Å². The number of benzene rings is 1. The molecular weight excluding hydrogens is 229 g/mol. The first-order valence-corrected chi connectivity index (χ1v) is 5.77. The highest BCUT2D eigenvalue weighted by Crippen LogP contribution is 2.29. The molecule has 0 saturated heterocycles. The molecule has 4 heteroatoms. The van der Waals surface area contributed by atoms with Gasteiger partial charge in [0.25, 0.3) is 0 Å². The molecule has 0 aliphatic heterocycles. The fraction of sp³-hybridized carbons (Fsp3) is 0.286. The summed E-state index contributed by atoms with van der Waals surface area (Å²) in [5.41, 5.74) is 7.64. The van der Waals surface area contributed by atoms with Gasteiger partial charge in [0.05, 0.1) is 17.6 Å². The van der Waals surface area contributed by atoms with E-state index in [2.05, 4.69) is 9.97 Å². The van der Waals surface area contributed by atoms with Crippen molar-refractivity contribution < 1.29 is 4.39 Å². The van der Waals surface area contributed by atoms with Crippen LogP contribution in [0.4, 0.5) is 10.1 Å². The number of aryl methyl sites for hydroxylation is 1. The van der Waals surface area contributed by atoms with E-state index in [1.54, 1.807) is 18.3 Å². The van der Waals surface area contributed by atoms with Gasteiger partial charge in [-0.2, -0.15) is 0 Å². The molecule has 94 valence electrons. The molecule has 0 amide bonds. The van der Waals surface area contributed by atoms with Gasteiger partial charge in [-0.25, -0.2) is 14.4 Å². The molecule has 2 rings (SSSR count). The topological polar surface area (TPSA) is 51.8 Å². The summed E-state index contributed by atoms with van der Waals surface area (Å²) in [6.45, 7) is 5.86. The van der Waals surface area contributed by atoms with Gasteiger partial charge in [-0.1, -0.05) is 12.1 Å². The average Bonchev–Trinajstić information content (AvgIpc) is 2.33. The highest BCUT2D eigenvalue weighted by atomic mass is 19.1. The number of rotatable bonds is 2. The average molecular weight is 245 g/mol. The molecule has 0 aliphatic carbocycles. The van der Waals surface area contributed by atoms with Crippen LogP contribution in [0.15, 0.2) is 30.5 Å². The maximum atomic E-state index is 12.9. The number of nitrogen functional groups attached to an aromatic ring is 1. The van der Waals surface area contributed by atoms with Gasteiger partial charge in [-0.3, -0.25) is 0 Å². The standard InChI is InChI=1S/C14H16FN3/c1-9-12(16)8-17-13(18-9)14(2,3)10-4-6-11(15)7-5-10/h4-8H,16H2,1-3H3. The van der Waals surface area contributed by atoms with Gasteiger partial charge in [0.15, 0.2) is 0 Å². The quantitative estimate of drug-likeness (QED) is 0.885. The lowest BCUT2D eigenvalue weighted by molar-refractivity contribution is 0.581. The summed E-state index contributed by atoms with van der Waals surface area (Å²) in [7, 11) is 0. The molecule has 2 aromatic rings. The zero-order chi connectivity index (χ0) is 13.3. The lowest BCUT2D eigenvalue weighted by Crippen LogP contribution is -2.23. The Morgan fingerprint density at radius 2 is 1.78 bits per heavy atom. The molecule has 0 spiro atoms. The summed E-state index contributed by atoms with van der Waals surface area (Å²) in [4.78, 5) is 8.69. The molecule has 3 nitrogen and oxygen atoms in total. The Balaban J connectivity index is 2.46. The number of nitrogens with two attached hydrogens (primary N) is 1. The number of aromatic nitrogens is 2. The highest BCUT2D eigenvalue weighted by Gasteiger charge is 2.26. The maximum absolute atomic E-state index is 12.9. The summed E-state index contributed by atoms with van der Waals surface area (Å²) in [5, 5.41) is 0. The minimum absolute atomic E-state index is 0.246.